The lowest BCUT2D eigenvalue weighted by Gasteiger charge is -2.37. The van der Waals surface area contributed by atoms with Gasteiger partial charge in [-0.15, -0.1) is 0 Å². The summed E-state index contributed by atoms with van der Waals surface area (Å²) in [5.74, 6) is 0.0320. The smallest absolute Gasteiger partial charge is 0.433 e. The van der Waals surface area contributed by atoms with Gasteiger partial charge in [-0.1, -0.05) is 12.1 Å². The van der Waals surface area contributed by atoms with Crippen LogP contribution in [0.25, 0.3) is 0 Å². The maximum atomic E-state index is 12.8. The second-order valence-electron chi connectivity index (χ2n) is 6.08. The quantitative estimate of drug-likeness (QED) is 0.769. The Hall–Kier alpha value is -2.33. The molecule has 1 aromatic carbocycles. The number of methoxy groups -OCH3 is 1. The Kier molecular flexibility index (Phi) is 5.04. The first-order valence-electron chi connectivity index (χ1n) is 7.97. The highest BCUT2D eigenvalue weighted by atomic mass is 32.2. The lowest BCUT2D eigenvalue weighted by atomic mass is 10.2. The van der Waals surface area contributed by atoms with Crippen molar-refractivity contribution in [3.05, 3.63) is 47.7 Å². The number of ether oxygens (including phenoxy) is 2. The first-order chi connectivity index (χ1) is 12.6. The normalized spacial score (nSPS) is 16.0. The van der Waals surface area contributed by atoms with Crippen LogP contribution in [-0.2, 0) is 16.2 Å². The molecule has 1 aromatic heterocycles. The number of rotatable bonds is 5. The number of pyridine rings is 1. The van der Waals surface area contributed by atoms with Crippen molar-refractivity contribution in [3.63, 3.8) is 0 Å². The third-order valence-corrected chi connectivity index (χ3v) is 5.91. The van der Waals surface area contributed by atoms with Crippen LogP contribution >= 0.6 is 0 Å². The van der Waals surface area contributed by atoms with Gasteiger partial charge in [0.1, 0.15) is 22.4 Å². The number of hydrogen-bond acceptors (Lipinski definition) is 5. The molecule has 10 heteroatoms. The fourth-order valence-electron chi connectivity index (χ4n) is 2.61. The zero-order valence-corrected chi connectivity index (χ0v) is 15.3. The van der Waals surface area contributed by atoms with Crippen LogP contribution in [0.3, 0.4) is 0 Å². The number of benzene rings is 1. The molecule has 0 unspecified atom stereocenters. The van der Waals surface area contributed by atoms with Gasteiger partial charge in [0.25, 0.3) is 0 Å². The highest BCUT2D eigenvalue weighted by Gasteiger charge is 2.40. The summed E-state index contributed by atoms with van der Waals surface area (Å²) < 4.78 is 75.3. The van der Waals surface area contributed by atoms with Crippen LogP contribution < -0.4 is 9.47 Å². The van der Waals surface area contributed by atoms with Gasteiger partial charge in [0.2, 0.25) is 15.9 Å². The molecule has 0 spiro atoms. The molecule has 1 fully saturated rings. The zero-order chi connectivity index (χ0) is 19.8. The largest absolute Gasteiger partial charge is 0.495 e. The first-order valence-corrected chi connectivity index (χ1v) is 9.41. The first kappa shape index (κ1) is 19.4. The summed E-state index contributed by atoms with van der Waals surface area (Å²) in [6.45, 7) is 1.79. The van der Waals surface area contributed by atoms with Crippen LogP contribution in [0.4, 0.5) is 13.2 Å². The van der Waals surface area contributed by atoms with Gasteiger partial charge in [0.15, 0.2) is 0 Å². The third kappa shape index (κ3) is 4.01. The molecule has 0 amide bonds. The van der Waals surface area contributed by atoms with E-state index in [9.17, 15) is 21.6 Å². The number of alkyl halides is 3. The van der Waals surface area contributed by atoms with Crippen LogP contribution in [0.2, 0.25) is 0 Å². The standard InChI is InChI=1S/C17H17F3N2O4S/c1-11-6-7-13(25-2)14(8-11)27(23,24)22-9-12(10-22)26-16-5-3-4-15(21-16)17(18,19)20/h3-8,12H,9-10H2,1-2H3. The van der Waals surface area contributed by atoms with Crippen molar-refractivity contribution in [2.75, 3.05) is 20.2 Å². The number of nitrogens with zero attached hydrogens (tertiary/aromatic N) is 2. The van der Waals surface area contributed by atoms with Crippen molar-refractivity contribution in [1.82, 2.24) is 9.29 Å². The molecule has 3 rings (SSSR count). The van der Waals surface area contributed by atoms with Crippen LogP contribution in [-0.4, -0.2) is 44.0 Å². The maximum absolute atomic E-state index is 12.8. The summed E-state index contributed by atoms with van der Waals surface area (Å²) in [6.07, 6.45) is -5.15. The molecule has 0 saturated carbocycles. The molecular formula is C17H17F3N2O4S. The van der Waals surface area contributed by atoms with E-state index in [0.717, 1.165) is 11.6 Å². The fourth-order valence-corrected chi connectivity index (χ4v) is 4.35. The molecule has 0 radical (unpaired) electrons. The summed E-state index contributed by atoms with van der Waals surface area (Å²) in [5, 5.41) is 0. The minimum Gasteiger partial charge on any atom is -0.495 e. The van der Waals surface area contributed by atoms with Gasteiger partial charge in [0.05, 0.1) is 20.2 Å². The lowest BCUT2D eigenvalue weighted by Crippen LogP contribution is -2.56. The molecule has 1 aliphatic rings. The molecule has 1 aliphatic heterocycles. The molecule has 2 aromatic rings. The Balaban J connectivity index is 1.70. The van der Waals surface area contributed by atoms with E-state index >= 15 is 0 Å². The maximum Gasteiger partial charge on any atom is 0.433 e. The van der Waals surface area contributed by atoms with Crippen molar-refractivity contribution in [2.24, 2.45) is 0 Å². The fraction of sp³-hybridized carbons (Fsp3) is 0.353. The van der Waals surface area contributed by atoms with Gasteiger partial charge in [-0.3, -0.25) is 0 Å². The molecule has 0 N–H and O–H groups in total. The number of halogens is 3. The molecule has 0 bridgehead atoms. The van der Waals surface area contributed by atoms with Gasteiger partial charge in [-0.25, -0.2) is 13.4 Å². The van der Waals surface area contributed by atoms with Crippen molar-refractivity contribution >= 4 is 10.0 Å². The second kappa shape index (κ2) is 7.01. The van der Waals surface area contributed by atoms with Gasteiger partial charge in [0, 0.05) is 6.07 Å². The second-order valence-corrected chi connectivity index (χ2v) is 7.98. The number of aryl methyl sites for hydroxylation is 1. The van der Waals surface area contributed by atoms with E-state index in [1.54, 1.807) is 19.1 Å². The van der Waals surface area contributed by atoms with E-state index in [1.807, 2.05) is 0 Å². The van der Waals surface area contributed by atoms with Gasteiger partial charge < -0.3 is 9.47 Å². The summed E-state index contributed by atoms with van der Waals surface area (Å²) in [5.41, 5.74) is -0.302. The molecule has 2 heterocycles. The Morgan fingerprint density at radius 3 is 2.52 bits per heavy atom. The van der Waals surface area contributed by atoms with Crippen molar-refractivity contribution < 1.29 is 31.1 Å². The van der Waals surface area contributed by atoms with Gasteiger partial charge in [-0.05, 0) is 30.7 Å². The van der Waals surface area contributed by atoms with E-state index in [1.165, 1.54) is 29.6 Å². The summed E-state index contributed by atoms with van der Waals surface area (Å²) in [6, 6.07) is 8.15. The van der Waals surface area contributed by atoms with E-state index in [0.29, 0.717) is 0 Å². The Morgan fingerprint density at radius 2 is 1.89 bits per heavy atom. The minimum absolute atomic E-state index is 0.0113. The molecule has 1 saturated heterocycles. The topological polar surface area (TPSA) is 68.7 Å². The van der Waals surface area contributed by atoms with E-state index in [-0.39, 0.29) is 29.6 Å². The monoisotopic (exact) mass is 402 g/mol. The molecule has 27 heavy (non-hydrogen) atoms. The SMILES string of the molecule is COc1ccc(C)cc1S(=O)(=O)N1CC(Oc2cccc(C(F)(F)F)n2)C1. The van der Waals surface area contributed by atoms with Crippen LogP contribution in [0.15, 0.2) is 41.3 Å². The minimum atomic E-state index is -4.57. The van der Waals surface area contributed by atoms with E-state index in [4.69, 9.17) is 9.47 Å². The van der Waals surface area contributed by atoms with Crippen LogP contribution in [0.1, 0.15) is 11.3 Å². The van der Waals surface area contributed by atoms with E-state index < -0.39 is 28.0 Å². The molecule has 146 valence electrons. The van der Waals surface area contributed by atoms with Crippen LogP contribution in [0.5, 0.6) is 11.6 Å². The predicted octanol–water partition coefficient (Wildman–Crippen LogP) is 2.87. The zero-order valence-electron chi connectivity index (χ0n) is 14.5. The Bertz CT molecular complexity index is 941. The molecule has 0 atom stereocenters. The molecule has 6 nitrogen and oxygen atoms in total. The summed E-state index contributed by atoms with van der Waals surface area (Å²) in [7, 11) is -2.42. The van der Waals surface area contributed by atoms with E-state index in [2.05, 4.69) is 4.98 Å². The highest BCUT2D eigenvalue weighted by molar-refractivity contribution is 7.89. The predicted molar refractivity (Wildman–Crippen MR) is 90.1 cm³/mol. The molecule has 0 aliphatic carbocycles. The average molecular weight is 402 g/mol. The van der Waals surface area contributed by atoms with Gasteiger partial charge in [-0.2, -0.15) is 17.5 Å². The molecular weight excluding hydrogens is 385 g/mol. The van der Waals surface area contributed by atoms with Crippen molar-refractivity contribution in [2.45, 2.75) is 24.1 Å². The third-order valence-electron chi connectivity index (χ3n) is 4.05. The number of hydrogen-bond donors (Lipinski definition) is 0. The Labute approximate surface area is 154 Å². The highest BCUT2D eigenvalue weighted by Crippen LogP contribution is 2.32. The number of sulfonamides is 1. The summed E-state index contributed by atoms with van der Waals surface area (Å²) in [4.78, 5) is 3.46. The number of aromatic nitrogens is 1. The lowest BCUT2D eigenvalue weighted by molar-refractivity contribution is -0.141. The summed E-state index contributed by atoms with van der Waals surface area (Å²) >= 11 is 0. The van der Waals surface area contributed by atoms with Crippen molar-refractivity contribution in [3.8, 4) is 11.6 Å². The van der Waals surface area contributed by atoms with Crippen molar-refractivity contribution in [1.29, 1.82) is 0 Å². The van der Waals surface area contributed by atoms with Gasteiger partial charge >= 0.3 is 6.18 Å². The van der Waals surface area contributed by atoms with Crippen LogP contribution in [0, 0.1) is 6.92 Å². The Morgan fingerprint density at radius 1 is 1.19 bits per heavy atom. The average Bonchev–Trinajstić information content (AvgIpc) is 2.57.